The van der Waals surface area contributed by atoms with Crippen LogP contribution in [0, 0.1) is 0 Å². The van der Waals surface area contributed by atoms with Crippen molar-refractivity contribution < 1.29 is 19.1 Å². The molecule has 30 heavy (non-hydrogen) atoms. The van der Waals surface area contributed by atoms with Crippen LogP contribution in [-0.4, -0.2) is 22.6 Å². The Balaban J connectivity index is 1.61. The summed E-state index contributed by atoms with van der Waals surface area (Å²) >= 11 is 0. The van der Waals surface area contributed by atoms with Gasteiger partial charge in [-0.25, -0.2) is 4.79 Å². The fourth-order valence-corrected chi connectivity index (χ4v) is 2.51. The molecule has 0 atom stereocenters. The molecule has 0 aliphatic carbocycles. The molecule has 3 rings (SSSR count). The van der Waals surface area contributed by atoms with Crippen molar-refractivity contribution in [2.75, 3.05) is 10.6 Å². The van der Waals surface area contributed by atoms with Gasteiger partial charge < -0.3 is 14.8 Å². The topological polar surface area (TPSA) is 89.5 Å². The minimum absolute atomic E-state index is 0.278. The lowest BCUT2D eigenvalue weighted by atomic mass is 10.2. The summed E-state index contributed by atoms with van der Waals surface area (Å²) in [5.41, 5.74) is 1.00. The van der Waals surface area contributed by atoms with E-state index in [1.807, 2.05) is 0 Å². The van der Waals surface area contributed by atoms with Crippen LogP contribution >= 0.6 is 0 Å². The Kier molecular flexibility index (Phi) is 6.32. The molecule has 7 heteroatoms. The molecule has 7 nitrogen and oxygen atoms in total. The zero-order valence-corrected chi connectivity index (χ0v) is 17.0. The molecule has 1 aromatic heterocycles. The zero-order chi connectivity index (χ0) is 21.6. The van der Waals surface area contributed by atoms with Gasteiger partial charge in [0, 0.05) is 35.4 Å². The van der Waals surface area contributed by atoms with Crippen LogP contribution in [-0.2, 0) is 4.74 Å². The Bertz CT molecular complexity index is 1010. The van der Waals surface area contributed by atoms with Gasteiger partial charge in [-0.3, -0.25) is 15.1 Å². The van der Waals surface area contributed by atoms with E-state index in [0.717, 1.165) is 0 Å². The third-order valence-electron chi connectivity index (χ3n) is 3.77. The first kappa shape index (κ1) is 20.9. The van der Waals surface area contributed by atoms with Gasteiger partial charge in [0.1, 0.15) is 17.1 Å². The molecule has 0 saturated carbocycles. The van der Waals surface area contributed by atoms with E-state index in [-0.39, 0.29) is 5.91 Å². The number of carbonyl (C=O) groups excluding carboxylic acids is 2. The van der Waals surface area contributed by atoms with Crippen molar-refractivity contribution in [3.05, 3.63) is 78.6 Å². The maximum atomic E-state index is 12.5. The average molecular weight is 405 g/mol. The number of benzene rings is 2. The highest BCUT2D eigenvalue weighted by atomic mass is 16.6. The molecule has 0 radical (unpaired) electrons. The zero-order valence-electron chi connectivity index (χ0n) is 17.0. The van der Waals surface area contributed by atoms with Crippen molar-refractivity contribution in [1.82, 2.24) is 4.98 Å². The van der Waals surface area contributed by atoms with E-state index < -0.39 is 11.7 Å². The van der Waals surface area contributed by atoms with Gasteiger partial charge in [0.2, 0.25) is 0 Å². The van der Waals surface area contributed by atoms with Gasteiger partial charge in [-0.2, -0.15) is 0 Å². The molecule has 3 aromatic rings. The largest absolute Gasteiger partial charge is 0.457 e. The van der Waals surface area contributed by atoms with Crippen LogP contribution in [0.5, 0.6) is 11.5 Å². The highest BCUT2D eigenvalue weighted by Crippen LogP contribution is 2.24. The molecule has 2 aromatic carbocycles. The number of ether oxygens (including phenoxy) is 2. The maximum absolute atomic E-state index is 12.5. The van der Waals surface area contributed by atoms with Crippen LogP contribution in [0.15, 0.2) is 73.1 Å². The van der Waals surface area contributed by atoms with Gasteiger partial charge in [-0.15, -0.1) is 0 Å². The first-order chi connectivity index (χ1) is 14.3. The summed E-state index contributed by atoms with van der Waals surface area (Å²) in [5, 5.41) is 5.46. The quantitative estimate of drug-likeness (QED) is 0.587. The predicted molar refractivity (Wildman–Crippen MR) is 115 cm³/mol. The summed E-state index contributed by atoms with van der Waals surface area (Å²) in [7, 11) is 0. The third kappa shape index (κ3) is 6.34. The van der Waals surface area contributed by atoms with Gasteiger partial charge in [0.15, 0.2) is 0 Å². The molecule has 0 saturated heterocycles. The van der Waals surface area contributed by atoms with E-state index in [2.05, 4.69) is 15.6 Å². The van der Waals surface area contributed by atoms with Crippen molar-refractivity contribution in [2.45, 2.75) is 26.4 Å². The number of aromatic nitrogens is 1. The summed E-state index contributed by atoms with van der Waals surface area (Å²) in [6.07, 6.45) is 2.73. The monoisotopic (exact) mass is 405 g/mol. The minimum Gasteiger partial charge on any atom is -0.457 e. The molecular weight excluding hydrogens is 382 g/mol. The average Bonchev–Trinajstić information content (AvgIpc) is 2.68. The lowest BCUT2D eigenvalue weighted by Gasteiger charge is -2.19. The second kappa shape index (κ2) is 9.09. The number of nitrogens with one attached hydrogen (secondary N) is 2. The second-order valence-corrected chi connectivity index (χ2v) is 7.47. The highest BCUT2D eigenvalue weighted by molar-refractivity contribution is 6.04. The molecule has 0 unspecified atom stereocenters. The molecule has 0 bridgehead atoms. The van der Waals surface area contributed by atoms with E-state index >= 15 is 0 Å². The minimum atomic E-state index is -0.584. The Labute approximate surface area is 175 Å². The Morgan fingerprint density at radius 2 is 1.53 bits per heavy atom. The van der Waals surface area contributed by atoms with Gasteiger partial charge in [-0.05, 0) is 69.3 Å². The Morgan fingerprint density at radius 3 is 2.20 bits per heavy atom. The smallest absolute Gasteiger partial charge is 0.412 e. The Morgan fingerprint density at radius 1 is 0.833 bits per heavy atom. The number of hydrogen-bond acceptors (Lipinski definition) is 5. The van der Waals surface area contributed by atoms with Crippen LogP contribution < -0.4 is 15.4 Å². The number of anilines is 2. The summed E-state index contributed by atoms with van der Waals surface area (Å²) < 4.78 is 11.0. The SMILES string of the molecule is CC(C)(C)OC(=O)Nc1ccc(C(=O)Nc2cccc(Oc3ccncc3)c2)cc1. The summed E-state index contributed by atoms with van der Waals surface area (Å²) in [4.78, 5) is 28.3. The van der Waals surface area contributed by atoms with Gasteiger partial charge >= 0.3 is 6.09 Å². The summed E-state index contributed by atoms with van der Waals surface area (Å²) in [6, 6.07) is 17.1. The number of carbonyl (C=O) groups is 2. The van der Waals surface area contributed by atoms with Crippen molar-refractivity contribution >= 4 is 23.4 Å². The molecule has 0 spiro atoms. The van der Waals surface area contributed by atoms with Crippen molar-refractivity contribution in [1.29, 1.82) is 0 Å². The molecule has 2 amide bonds. The molecular formula is C23H23N3O4. The number of nitrogens with zero attached hydrogens (tertiary/aromatic N) is 1. The normalized spacial score (nSPS) is 10.8. The van der Waals surface area contributed by atoms with E-state index in [4.69, 9.17) is 9.47 Å². The third-order valence-corrected chi connectivity index (χ3v) is 3.77. The van der Waals surface area contributed by atoms with Crippen molar-refractivity contribution in [3.8, 4) is 11.5 Å². The Hall–Kier alpha value is -3.87. The lowest BCUT2D eigenvalue weighted by Crippen LogP contribution is -2.27. The summed E-state index contributed by atoms with van der Waals surface area (Å²) in [5.74, 6) is 0.970. The fraction of sp³-hybridized carbons (Fsp3) is 0.174. The highest BCUT2D eigenvalue weighted by Gasteiger charge is 2.16. The molecule has 2 N–H and O–H groups in total. The first-order valence-electron chi connectivity index (χ1n) is 9.38. The van der Waals surface area contributed by atoms with Gasteiger partial charge in [-0.1, -0.05) is 6.07 Å². The molecule has 1 heterocycles. The standard InChI is InChI=1S/C23H23N3O4/c1-23(2,3)30-22(28)26-17-9-7-16(8-10-17)21(27)25-18-5-4-6-20(15-18)29-19-11-13-24-14-12-19/h4-15H,1-3H3,(H,25,27)(H,26,28). The molecule has 154 valence electrons. The van der Waals surface area contributed by atoms with E-state index in [9.17, 15) is 9.59 Å². The van der Waals surface area contributed by atoms with Crippen LogP contribution in [0.1, 0.15) is 31.1 Å². The van der Waals surface area contributed by atoms with Crippen molar-refractivity contribution in [3.63, 3.8) is 0 Å². The number of hydrogen-bond donors (Lipinski definition) is 2. The number of pyridine rings is 1. The van der Waals surface area contributed by atoms with E-state index in [0.29, 0.717) is 28.4 Å². The maximum Gasteiger partial charge on any atom is 0.412 e. The molecule has 0 aliphatic rings. The summed E-state index contributed by atoms with van der Waals surface area (Å²) in [6.45, 7) is 5.37. The van der Waals surface area contributed by atoms with Gasteiger partial charge in [0.05, 0.1) is 0 Å². The number of rotatable bonds is 5. The number of amides is 2. The van der Waals surface area contributed by atoms with Crippen molar-refractivity contribution in [2.24, 2.45) is 0 Å². The van der Waals surface area contributed by atoms with E-state index in [1.54, 1.807) is 93.8 Å². The van der Waals surface area contributed by atoms with Crippen LogP contribution in [0.3, 0.4) is 0 Å². The van der Waals surface area contributed by atoms with Crippen LogP contribution in [0.4, 0.5) is 16.2 Å². The fourth-order valence-electron chi connectivity index (χ4n) is 2.51. The predicted octanol–water partition coefficient (Wildman–Crippen LogP) is 5.47. The molecule has 0 aliphatic heterocycles. The van der Waals surface area contributed by atoms with Gasteiger partial charge in [0.25, 0.3) is 5.91 Å². The van der Waals surface area contributed by atoms with Crippen LogP contribution in [0.2, 0.25) is 0 Å². The molecule has 0 fully saturated rings. The van der Waals surface area contributed by atoms with Crippen LogP contribution in [0.25, 0.3) is 0 Å². The second-order valence-electron chi connectivity index (χ2n) is 7.47. The van der Waals surface area contributed by atoms with E-state index in [1.165, 1.54) is 0 Å². The first-order valence-corrected chi connectivity index (χ1v) is 9.38. The lowest BCUT2D eigenvalue weighted by molar-refractivity contribution is 0.0636.